The van der Waals surface area contributed by atoms with Crippen LogP contribution in [0.3, 0.4) is 0 Å². The number of rotatable bonds is 10. The van der Waals surface area contributed by atoms with Crippen molar-refractivity contribution in [3.63, 3.8) is 0 Å². The maximum Gasteiger partial charge on any atom is 0.407 e. The number of hydrogen-bond donors (Lipinski definition) is 1. The van der Waals surface area contributed by atoms with Crippen LogP contribution in [0.1, 0.15) is 11.1 Å². The standard InChI is InChI=1S/C19H23NO6S/c1-27(22,23)26-15-18(14-24-12-16-8-4-2-5-9-16)20-19(21)25-13-17-10-6-3-7-11-17/h2-11,18H,12-15H2,1H3,(H,20,21)/t18-/m1/s1. The predicted molar refractivity (Wildman–Crippen MR) is 100 cm³/mol. The van der Waals surface area contributed by atoms with Crippen LogP contribution in [0.15, 0.2) is 60.7 Å². The molecule has 0 heterocycles. The van der Waals surface area contributed by atoms with Gasteiger partial charge >= 0.3 is 6.09 Å². The monoisotopic (exact) mass is 393 g/mol. The summed E-state index contributed by atoms with van der Waals surface area (Å²) in [6, 6.07) is 18.0. The summed E-state index contributed by atoms with van der Waals surface area (Å²) in [7, 11) is -3.64. The molecule has 2 aromatic carbocycles. The lowest BCUT2D eigenvalue weighted by atomic mass is 10.2. The molecule has 0 aliphatic carbocycles. The molecule has 0 saturated carbocycles. The van der Waals surface area contributed by atoms with Crippen molar-refractivity contribution in [3.8, 4) is 0 Å². The van der Waals surface area contributed by atoms with Gasteiger partial charge in [0.05, 0.1) is 32.1 Å². The van der Waals surface area contributed by atoms with Gasteiger partial charge in [-0.25, -0.2) is 4.79 Å². The fraction of sp³-hybridized carbons (Fsp3) is 0.316. The summed E-state index contributed by atoms with van der Waals surface area (Å²) in [6.07, 6.45) is 0.270. The summed E-state index contributed by atoms with van der Waals surface area (Å²) in [5, 5.41) is 2.57. The number of carbonyl (C=O) groups is 1. The average Bonchev–Trinajstić information content (AvgIpc) is 2.65. The Kier molecular flexibility index (Phi) is 8.25. The van der Waals surface area contributed by atoms with Gasteiger partial charge in [-0.15, -0.1) is 0 Å². The van der Waals surface area contributed by atoms with Gasteiger partial charge in [-0.05, 0) is 11.1 Å². The van der Waals surface area contributed by atoms with Crippen molar-refractivity contribution in [1.29, 1.82) is 0 Å². The zero-order chi connectivity index (χ0) is 19.5. The van der Waals surface area contributed by atoms with Gasteiger partial charge in [0.25, 0.3) is 10.1 Å². The van der Waals surface area contributed by atoms with Crippen LogP contribution in [0.25, 0.3) is 0 Å². The van der Waals surface area contributed by atoms with Gasteiger partial charge in [0.2, 0.25) is 0 Å². The molecule has 8 heteroatoms. The molecule has 1 amide bonds. The fourth-order valence-corrected chi connectivity index (χ4v) is 2.57. The number of carbonyl (C=O) groups excluding carboxylic acids is 1. The smallest absolute Gasteiger partial charge is 0.407 e. The van der Waals surface area contributed by atoms with Crippen LogP contribution in [0, 0.1) is 0 Å². The number of ether oxygens (including phenoxy) is 2. The Labute approximate surface area is 159 Å². The Hall–Kier alpha value is -2.42. The van der Waals surface area contributed by atoms with E-state index in [1.807, 2.05) is 60.7 Å². The van der Waals surface area contributed by atoms with E-state index in [9.17, 15) is 13.2 Å². The first-order valence-corrected chi connectivity index (χ1v) is 10.2. The summed E-state index contributed by atoms with van der Waals surface area (Å²) >= 11 is 0. The first-order valence-electron chi connectivity index (χ1n) is 8.35. The second kappa shape index (κ2) is 10.7. The fourth-order valence-electron chi connectivity index (χ4n) is 2.16. The van der Waals surface area contributed by atoms with Crippen LogP contribution in [0.5, 0.6) is 0 Å². The highest BCUT2D eigenvalue weighted by atomic mass is 32.2. The van der Waals surface area contributed by atoms with Crippen LogP contribution in [0.4, 0.5) is 4.79 Å². The van der Waals surface area contributed by atoms with Gasteiger partial charge in [0.15, 0.2) is 0 Å². The third kappa shape index (κ3) is 9.18. The highest BCUT2D eigenvalue weighted by Gasteiger charge is 2.17. The van der Waals surface area contributed by atoms with Crippen molar-refractivity contribution >= 4 is 16.2 Å². The quantitative estimate of drug-likeness (QED) is 0.624. The molecule has 27 heavy (non-hydrogen) atoms. The third-order valence-electron chi connectivity index (χ3n) is 3.45. The van der Waals surface area contributed by atoms with Gasteiger partial charge in [-0.1, -0.05) is 60.7 Å². The molecule has 0 fully saturated rings. The third-order valence-corrected chi connectivity index (χ3v) is 4.01. The van der Waals surface area contributed by atoms with Gasteiger partial charge in [-0.3, -0.25) is 4.18 Å². The second-order valence-electron chi connectivity index (χ2n) is 5.89. The van der Waals surface area contributed by atoms with Crippen molar-refractivity contribution in [1.82, 2.24) is 5.32 Å². The summed E-state index contributed by atoms with van der Waals surface area (Å²) in [5.74, 6) is 0. The Morgan fingerprint density at radius 3 is 2.04 bits per heavy atom. The van der Waals surface area contributed by atoms with Crippen molar-refractivity contribution in [2.24, 2.45) is 0 Å². The molecule has 0 aliphatic rings. The average molecular weight is 393 g/mol. The first kappa shape index (κ1) is 20.9. The Morgan fingerprint density at radius 2 is 1.48 bits per heavy atom. The summed E-state index contributed by atoms with van der Waals surface area (Å²) in [5.41, 5.74) is 1.81. The normalized spacial score (nSPS) is 12.3. The van der Waals surface area contributed by atoms with E-state index in [2.05, 4.69) is 5.32 Å². The van der Waals surface area contributed by atoms with Crippen LogP contribution >= 0.6 is 0 Å². The van der Waals surface area contributed by atoms with Crippen LogP contribution in [-0.2, 0) is 37.0 Å². The van der Waals surface area contributed by atoms with Crippen molar-refractivity contribution in [2.75, 3.05) is 19.5 Å². The molecule has 0 radical (unpaired) electrons. The molecule has 0 unspecified atom stereocenters. The lowest BCUT2D eigenvalue weighted by molar-refractivity contribution is 0.0754. The van der Waals surface area contributed by atoms with E-state index < -0.39 is 22.3 Å². The predicted octanol–water partition coefficient (Wildman–Crippen LogP) is 2.47. The van der Waals surface area contributed by atoms with Crippen LogP contribution in [0.2, 0.25) is 0 Å². The van der Waals surface area contributed by atoms with E-state index in [4.69, 9.17) is 13.7 Å². The number of benzene rings is 2. The van der Waals surface area contributed by atoms with E-state index in [1.165, 1.54) is 0 Å². The minimum absolute atomic E-state index is 0.0743. The molecule has 0 aliphatic heterocycles. The Morgan fingerprint density at radius 1 is 0.926 bits per heavy atom. The van der Waals surface area contributed by atoms with Gasteiger partial charge in [0, 0.05) is 0 Å². The highest BCUT2D eigenvalue weighted by molar-refractivity contribution is 7.85. The van der Waals surface area contributed by atoms with Gasteiger partial charge in [0.1, 0.15) is 6.61 Å². The van der Waals surface area contributed by atoms with E-state index >= 15 is 0 Å². The molecular weight excluding hydrogens is 370 g/mol. The molecule has 1 N–H and O–H groups in total. The molecule has 0 bridgehead atoms. The zero-order valence-corrected chi connectivity index (χ0v) is 15.9. The van der Waals surface area contributed by atoms with Gasteiger partial charge < -0.3 is 14.8 Å². The van der Waals surface area contributed by atoms with Crippen molar-refractivity contribution in [3.05, 3.63) is 71.8 Å². The van der Waals surface area contributed by atoms with Crippen LogP contribution < -0.4 is 5.32 Å². The summed E-state index contributed by atoms with van der Waals surface area (Å²) in [6.45, 7) is 0.271. The molecular formula is C19H23NO6S. The molecule has 146 valence electrons. The molecule has 1 atom stereocenters. The number of amides is 1. The van der Waals surface area contributed by atoms with Gasteiger partial charge in [-0.2, -0.15) is 8.42 Å². The second-order valence-corrected chi connectivity index (χ2v) is 7.54. The Bertz CT molecular complexity index is 795. The molecule has 0 saturated heterocycles. The molecule has 0 spiro atoms. The van der Waals surface area contributed by atoms with E-state index in [0.29, 0.717) is 6.61 Å². The zero-order valence-electron chi connectivity index (χ0n) is 15.0. The maximum absolute atomic E-state index is 12.0. The van der Waals surface area contributed by atoms with Crippen molar-refractivity contribution in [2.45, 2.75) is 19.3 Å². The molecule has 0 aromatic heterocycles. The summed E-state index contributed by atoms with van der Waals surface area (Å²) in [4.78, 5) is 12.0. The van der Waals surface area contributed by atoms with E-state index in [0.717, 1.165) is 17.4 Å². The number of hydrogen-bond acceptors (Lipinski definition) is 6. The molecule has 2 rings (SSSR count). The number of nitrogens with one attached hydrogen (secondary N) is 1. The molecule has 2 aromatic rings. The maximum atomic E-state index is 12.0. The Balaban J connectivity index is 1.83. The van der Waals surface area contributed by atoms with Crippen molar-refractivity contribution < 1.29 is 26.9 Å². The largest absolute Gasteiger partial charge is 0.445 e. The minimum Gasteiger partial charge on any atom is -0.445 e. The van der Waals surface area contributed by atoms with E-state index in [1.54, 1.807) is 0 Å². The lowest BCUT2D eigenvalue weighted by Gasteiger charge is -2.18. The minimum atomic E-state index is -3.64. The van der Waals surface area contributed by atoms with Crippen LogP contribution in [-0.4, -0.2) is 40.0 Å². The lowest BCUT2D eigenvalue weighted by Crippen LogP contribution is -2.42. The molecule has 7 nitrogen and oxygen atoms in total. The number of alkyl carbamates (subject to hydrolysis) is 1. The first-order chi connectivity index (χ1) is 12.9. The highest BCUT2D eigenvalue weighted by Crippen LogP contribution is 2.04. The topological polar surface area (TPSA) is 90.9 Å². The van der Waals surface area contributed by atoms with E-state index in [-0.39, 0.29) is 19.8 Å². The SMILES string of the molecule is CS(=O)(=O)OC[C@@H](COCc1ccccc1)NC(=O)OCc1ccccc1. The summed E-state index contributed by atoms with van der Waals surface area (Å²) < 4.78 is 37.9.